The maximum atomic E-state index is 12.8. The van der Waals surface area contributed by atoms with E-state index in [1.165, 1.54) is 17.0 Å². The van der Waals surface area contributed by atoms with Crippen molar-refractivity contribution in [3.63, 3.8) is 0 Å². The summed E-state index contributed by atoms with van der Waals surface area (Å²) in [5.41, 5.74) is 0.680. The third kappa shape index (κ3) is 2.62. The van der Waals surface area contributed by atoms with Crippen molar-refractivity contribution in [2.45, 2.75) is 0 Å². The van der Waals surface area contributed by atoms with Gasteiger partial charge >= 0.3 is 5.97 Å². The summed E-state index contributed by atoms with van der Waals surface area (Å²) in [7, 11) is 1.58. The molecule has 0 atom stereocenters. The highest BCUT2D eigenvalue weighted by Crippen LogP contribution is 2.17. The maximum Gasteiger partial charge on any atom is 0.323 e. The van der Waals surface area contributed by atoms with E-state index in [1.54, 1.807) is 19.2 Å². The molecular weight excluding hydrogens is 239 g/mol. The molecule has 0 amide bonds. The first-order valence-electron chi connectivity index (χ1n) is 5.17. The molecule has 1 heterocycles. The fourth-order valence-electron chi connectivity index (χ4n) is 1.43. The van der Waals surface area contributed by atoms with Crippen LogP contribution in [0.3, 0.4) is 0 Å². The zero-order chi connectivity index (χ0) is 13.1. The number of anilines is 1. The Morgan fingerprint density at radius 2 is 2.11 bits per heavy atom. The van der Waals surface area contributed by atoms with E-state index in [0.717, 1.165) is 0 Å². The Kier molecular flexibility index (Phi) is 3.22. The smallest absolute Gasteiger partial charge is 0.323 e. The molecule has 0 aliphatic heterocycles. The van der Waals surface area contributed by atoms with Gasteiger partial charge in [-0.1, -0.05) is 0 Å². The number of carboxylic acid groups (broad SMARTS) is 1. The molecule has 94 valence electrons. The van der Waals surface area contributed by atoms with Crippen LogP contribution < -0.4 is 4.90 Å². The van der Waals surface area contributed by atoms with Crippen molar-refractivity contribution >= 4 is 11.9 Å². The van der Waals surface area contributed by atoms with E-state index in [2.05, 4.69) is 15.2 Å². The fourth-order valence-corrected chi connectivity index (χ4v) is 1.43. The Labute approximate surface area is 102 Å². The number of aromatic amines is 1. The molecule has 6 nitrogen and oxygen atoms in total. The van der Waals surface area contributed by atoms with E-state index < -0.39 is 5.97 Å². The highest BCUT2D eigenvalue weighted by Gasteiger charge is 2.12. The molecule has 7 heteroatoms. The van der Waals surface area contributed by atoms with Gasteiger partial charge in [0.05, 0.1) is 0 Å². The summed E-state index contributed by atoms with van der Waals surface area (Å²) in [5.74, 6) is -0.564. The van der Waals surface area contributed by atoms with Crippen molar-refractivity contribution in [3.8, 4) is 11.4 Å². The van der Waals surface area contributed by atoms with E-state index in [-0.39, 0.29) is 18.3 Å². The van der Waals surface area contributed by atoms with Gasteiger partial charge in [-0.25, -0.2) is 4.39 Å². The first kappa shape index (κ1) is 12.0. The van der Waals surface area contributed by atoms with Crippen LogP contribution in [0.25, 0.3) is 11.4 Å². The second-order valence-corrected chi connectivity index (χ2v) is 3.74. The van der Waals surface area contributed by atoms with E-state index in [4.69, 9.17) is 5.11 Å². The Hall–Kier alpha value is -2.44. The molecule has 0 fully saturated rings. The monoisotopic (exact) mass is 250 g/mol. The molecule has 0 bridgehead atoms. The first-order chi connectivity index (χ1) is 8.56. The molecule has 1 aromatic heterocycles. The van der Waals surface area contributed by atoms with Crippen LogP contribution in [-0.2, 0) is 4.79 Å². The van der Waals surface area contributed by atoms with Crippen molar-refractivity contribution in [1.29, 1.82) is 0 Å². The van der Waals surface area contributed by atoms with Gasteiger partial charge in [-0.3, -0.25) is 9.89 Å². The number of H-pyrrole nitrogens is 1. The van der Waals surface area contributed by atoms with Crippen molar-refractivity contribution < 1.29 is 14.3 Å². The SMILES string of the molecule is CN(CC(=O)O)c1n[nH]c(-c2ccc(F)cc2)n1. The van der Waals surface area contributed by atoms with Crippen LogP contribution >= 0.6 is 0 Å². The number of hydrogen-bond acceptors (Lipinski definition) is 4. The molecule has 0 aliphatic carbocycles. The normalized spacial score (nSPS) is 10.3. The zero-order valence-electron chi connectivity index (χ0n) is 9.59. The van der Waals surface area contributed by atoms with Gasteiger partial charge in [0.2, 0.25) is 5.95 Å². The van der Waals surface area contributed by atoms with Crippen LogP contribution in [0.2, 0.25) is 0 Å². The Morgan fingerprint density at radius 3 is 2.72 bits per heavy atom. The van der Waals surface area contributed by atoms with Gasteiger partial charge in [0.25, 0.3) is 0 Å². The van der Waals surface area contributed by atoms with E-state index in [9.17, 15) is 9.18 Å². The van der Waals surface area contributed by atoms with Crippen molar-refractivity contribution in [2.75, 3.05) is 18.5 Å². The second kappa shape index (κ2) is 4.82. The molecule has 0 saturated heterocycles. The minimum absolute atomic E-state index is 0.194. The lowest BCUT2D eigenvalue weighted by Gasteiger charge is -2.10. The molecule has 0 aliphatic rings. The third-order valence-electron chi connectivity index (χ3n) is 2.31. The number of aliphatic carboxylic acids is 1. The molecule has 18 heavy (non-hydrogen) atoms. The highest BCUT2D eigenvalue weighted by molar-refractivity contribution is 5.72. The number of aromatic nitrogens is 3. The minimum atomic E-state index is -0.967. The summed E-state index contributed by atoms with van der Waals surface area (Å²) >= 11 is 0. The van der Waals surface area contributed by atoms with Crippen molar-refractivity contribution in [1.82, 2.24) is 15.2 Å². The lowest BCUT2D eigenvalue weighted by Crippen LogP contribution is -2.26. The molecule has 0 radical (unpaired) electrons. The van der Waals surface area contributed by atoms with Gasteiger partial charge in [0.15, 0.2) is 5.82 Å². The summed E-state index contributed by atoms with van der Waals surface area (Å²) in [5, 5.41) is 15.2. The number of benzene rings is 1. The Morgan fingerprint density at radius 1 is 1.44 bits per heavy atom. The van der Waals surface area contributed by atoms with E-state index >= 15 is 0 Å². The van der Waals surface area contributed by atoms with Crippen LogP contribution in [0.5, 0.6) is 0 Å². The van der Waals surface area contributed by atoms with Gasteiger partial charge in [-0.15, -0.1) is 5.10 Å². The average molecular weight is 250 g/mol. The molecule has 2 N–H and O–H groups in total. The lowest BCUT2D eigenvalue weighted by molar-refractivity contribution is -0.135. The van der Waals surface area contributed by atoms with Crippen LogP contribution in [-0.4, -0.2) is 39.8 Å². The third-order valence-corrected chi connectivity index (χ3v) is 2.31. The van der Waals surface area contributed by atoms with Gasteiger partial charge in [-0.05, 0) is 24.3 Å². The van der Waals surface area contributed by atoms with Gasteiger partial charge < -0.3 is 10.0 Å². The molecule has 0 unspecified atom stereocenters. The number of halogens is 1. The maximum absolute atomic E-state index is 12.8. The van der Waals surface area contributed by atoms with Crippen molar-refractivity contribution in [3.05, 3.63) is 30.1 Å². The number of nitrogens with zero attached hydrogens (tertiary/aromatic N) is 3. The van der Waals surface area contributed by atoms with Gasteiger partial charge in [-0.2, -0.15) is 4.98 Å². The van der Waals surface area contributed by atoms with Crippen LogP contribution in [0.4, 0.5) is 10.3 Å². The van der Waals surface area contributed by atoms with Gasteiger partial charge in [0.1, 0.15) is 12.4 Å². The number of rotatable bonds is 4. The quantitative estimate of drug-likeness (QED) is 0.850. The van der Waals surface area contributed by atoms with Gasteiger partial charge in [0, 0.05) is 12.6 Å². The molecule has 2 rings (SSSR count). The number of nitrogens with one attached hydrogen (secondary N) is 1. The summed E-state index contributed by atoms with van der Waals surface area (Å²) in [6.07, 6.45) is 0. The molecule has 1 aromatic carbocycles. The predicted octanol–water partition coefficient (Wildman–Crippen LogP) is 1.13. The summed E-state index contributed by atoms with van der Waals surface area (Å²) in [6, 6.07) is 5.77. The highest BCUT2D eigenvalue weighted by atomic mass is 19.1. The molecule has 2 aromatic rings. The lowest BCUT2D eigenvalue weighted by atomic mass is 10.2. The van der Waals surface area contributed by atoms with E-state index in [1.807, 2.05) is 0 Å². The molecule has 0 spiro atoms. The zero-order valence-corrected chi connectivity index (χ0v) is 9.59. The predicted molar refractivity (Wildman–Crippen MR) is 62.7 cm³/mol. The summed E-state index contributed by atoms with van der Waals surface area (Å²) < 4.78 is 12.8. The standard InChI is InChI=1S/C11H11FN4O2/c1-16(6-9(17)18)11-13-10(14-15-11)7-2-4-8(12)5-3-7/h2-5H,6H2,1H3,(H,17,18)(H,13,14,15). The Balaban J connectivity index is 2.19. The topological polar surface area (TPSA) is 82.1 Å². The number of likely N-dealkylation sites (N-methyl/N-ethyl adjacent to an activating group) is 1. The van der Waals surface area contributed by atoms with E-state index in [0.29, 0.717) is 11.4 Å². The first-order valence-corrected chi connectivity index (χ1v) is 5.17. The van der Waals surface area contributed by atoms with Crippen LogP contribution in [0.1, 0.15) is 0 Å². The van der Waals surface area contributed by atoms with Crippen molar-refractivity contribution in [2.24, 2.45) is 0 Å². The summed E-state index contributed by atoms with van der Waals surface area (Å²) in [6.45, 7) is -0.194. The largest absolute Gasteiger partial charge is 0.480 e. The minimum Gasteiger partial charge on any atom is -0.480 e. The number of carbonyl (C=O) groups is 1. The molecule has 0 saturated carbocycles. The molecular formula is C11H11FN4O2. The fraction of sp³-hybridized carbons (Fsp3) is 0.182. The number of hydrogen-bond donors (Lipinski definition) is 2. The Bertz CT molecular complexity index is 552. The summed E-state index contributed by atoms with van der Waals surface area (Å²) in [4.78, 5) is 16.1. The van der Waals surface area contributed by atoms with Crippen LogP contribution in [0.15, 0.2) is 24.3 Å². The second-order valence-electron chi connectivity index (χ2n) is 3.74. The average Bonchev–Trinajstić information content (AvgIpc) is 2.78. The van der Waals surface area contributed by atoms with Crippen LogP contribution in [0, 0.1) is 5.82 Å². The number of carboxylic acids is 1.